The Labute approximate surface area is 202 Å². The molecule has 1 N–H and O–H groups in total. The van der Waals surface area contributed by atoms with Crippen molar-refractivity contribution in [2.45, 2.75) is 24.7 Å². The summed E-state index contributed by atoms with van der Waals surface area (Å²) in [4.78, 5) is 12.5. The van der Waals surface area contributed by atoms with Crippen molar-refractivity contribution >= 4 is 16.6 Å². The Morgan fingerprint density at radius 2 is 1.74 bits per heavy atom. The number of nitrogens with one attached hydrogen (secondary N) is 1. The van der Waals surface area contributed by atoms with Gasteiger partial charge in [-0.25, -0.2) is 0 Å². The van der Waals surface area contributed by atoms with Gasteiger partial charge in [0.25, 0.3) is 0 Å². The molecule has 0 radical (unpaired) electrons. The first-order valence-electron chi connectivity index (χ1n) is 11.6. The quantitative estimate of drug-likeness (QED) is 0.388. The molecule has 0 bridgehead atoms. The molecule has 4 aromatic rings. The Morgan fingerprint density at radius 3 is 2.54 bits per heavy atom. The summed E-state index contributed by atoms with van der Waals surface area (Å²) < 4.78 is 11.9. The van der Waals surface area contributed by atoms with Gasteiger partial charge in [-0.2, -0.15) is 5.26 Å². The van der Waals surface area contributed by atoms with Crippen LogP contribution in [0.3, 0.4) is 0 Å². The number of carbonyl (C=O) groups excluding carboxylic acids is 1. The highest BCUT2D eigenvalue weighted by Gasteiger charge is 2.34. The van der Waals surface area contributed by atoms with E-state index in [2.05, 4.69) is 23.5 Å². The molecule has 0 saturated heterocycles. The highest BCUT2D eigenvalue weighted by atomic mass is 16.5. The zero-order valence-electron chi connectivity index (χ0n) is 18.9. The molecule has 3 aromatic carbocycles. The van der Waals surface area contributed by atoms with Gasteiger partial charge in [0.2, 0.25) is 5.88 Å². The van der Waals surface area contributed by atoms with E-state index in [-0.39, 0.29) is 17.6 Å². The Hall–Kier alpha value is -4.56. The van der Waals surface area contributed by atoms with Crippen LogP contribution in [-0.4, -0.2) is 5.78 Å². The second-order valence-corrected chi connectivity index (χ2v) is 8.88. The average Bonchev–Trinajstić information content (AvgIpc) is 3.43. The third kappa shape index (κ3) is 3.79. The van der Waals surface area contributed by atoms with E-state index in [1.54, 1.807) is 12.3 Å². The van der Waals surface area contributed by atoms with E-state index in [1.165, 1.54) is 0 Å². The number of fused-ring (bicyclic) bond motifs is 3. The van der Waals surface area contributed by atoms with Crippen LogP contribution < -0.4 is 10.1 Å². The fourth-order valence-corrected chi connectivity index (χ4v) is 5.14. The van der Waals surface area contributed by atoms with Gasteiger partial charge in [0.05, 0.1) is 12.2 Å². The molecule has 35 heavy (non-hydrogen) atoms. The van der Waals surface area contributed by atoms with Crippen LogP contribution in [0.4, 0.5) is 0 Å². The molecule has 0 fully saturated rings. The largest absolute Gasteiger partial charge is 0.469 e. The summed E-state index contributed by atoms with van der Waals surface area (Å²) in [5, 5.41) is 15.8. The molecule has 2 unspecified atom stereocenters. The molecule has 1 aromatic heterocycles. The molecule has 170 valence electrons. The minimum Gasteiger partial charge on any atom is -0.469 e. The number of rotatable bonds is 4. The Kier molecular flexibility index (Phi) is 5.20. The van der Waals surface area contributed by atoms with E-state index in [4.69, 9.17) is 9.15 Å². The Bertz CT molecular complexity index is 1530. The molecule has 1 aliphatic carbocycles. The van der Waals surface area contributed by atoms with E-state index >= 15 is 0 Å². The number of nitrogens with zero attached hydrogens (tertiary/aromatic N) is 1. The first kappa shape index (κ1) is 21.0. The summed E-state index contributed by atoms with van der Waals surface area (Å²) in [5.74, 6) is 1.50. The third-order valence-electron chi connectivity index (χ3n) is 6.69. The SMILES string of the molecule is N#CC1=C(NC2=CC(=O)CC(c3ccco3)C2)Oc2ccc3ccccc3c2C1c1ccccc1. The molecule has 0 spiro atoms. The Morgan fingerprint density at radius 1 is 0.914 bits per heavy atom. The molecular formula is C30H22N2O3. The van der Waals surface area contributed by atoms with Crippen LogP contribution in [0, 0.1) is 11.3 Å². The van der Waals surface area contributed by atoms with Crippen molar-refractivity contribution in [1.29, 1.82) is 5.26 Å². The minimum atomic E-state index is -0.306. The molecule has 0 amide bonds. The van der Waals surface area contributed by atoms with Crippen molar-refractivity contribution in [1.82, 2.24) is 5.32 Å². The van der Waals surface area contributed by atoms with Crippen LogP contribution >= 0.6 is 0 Å². The molecule has 2 aliphatic rings. The van der Waals surface area contributed by atoms with Crippen LogP contribution in [0.5, 0.6) is 5.75 Å². The summed E-state index contributed by atoms with van der Waals surface area (Å²) in [6.45, 7) is 0. The van der Waals surface area contributed by atoms with Gasteiger partial charge in [-0.3, -0.25) is 4.79 Å². The van der Waals surface area contributed by atoms with Crippen molar-refractivity contribution in [3.8, 4) is 11.8 Å². The van der Waals surface area contributed by atoms with Crippen LogP contribution in [0.2, 0.25) is 0 Å². The molecule has 6 rings (SSSR count). The van der Waals surface area contributed by atoms with E-state index in [0.29, 0.717) is 35.7 Å². The maximum atomic E-state index is 12.5. The normalized spacial score (nSPS) is 19.5. The molecule has 0 saturated carbocycles. The van der Waals surface area contributed by atoms with Gasteiger partial charge in [0.15, 0.2) is 5.78 Å². The molecule has 1 aliphatic heterocycles. The maximum Gasteiger partial charge on any atom is 0.212 e. The number of nitriles is 1. The summed E-state index contributed by atoms with van der Waals surface area (Å²) in [6.07, 6.45) is 4.21. The van der Waals surface area contributed by atoms with Crippen LogP contribution in [0.25, 0.3) is 10.8 Å². The van der Waals surface area contributed by atoms with Crippen molar-refractivity contribution in [3.63, 3.8) is 0 Å². The van der Waals surface area contributed by atoms with Gasteiger partial charge < -0.3 is 14.5 Å². The standard InChI is InChI=1S/C30H22N2O3/c31-18-25-28(20-8-2-1-3-9-20)29-24-10-5-4-7-19(24)12-13-27(29)35-30(25)32-22-15-21(16-23(33)17-22)26-11-6-14-34-26/h1-14,17,21,28,32H,15-16H2. The highest BCUT2D eigenvalue weighted by Crippen LogP contribution is 2.46. The van der Waals surface area contributed by atoms with Gasteiger partial charge in [-0.1, -0.05) is 60.7 Å². The fourth-order valence-electron chi connectivity index (χ4n) is 5.14. The van der Waals surface area contributed by atoms with Crippen LogP contribution in [0.1, 0.15) is 41.6 Å². The van der Waals surface area contributed by atoms with E-state index in [0.717, 1.165) is 27.7 Å². The number of ketones is 1. The predicted molar refractivity (Wildman–Crippen MR) is 132 cm³/mol. The summed E-state index contributed by atoms with van der Waals surface area (Å²) >= 11 is 0. The molecule has 5 nitrogen and oxygen atoms in total. The molecule has 5 heteroatoms. The van der Waals surface area contributed by atoms with Crippen molar-refractivity contribution in [3.05, 3.63) is 125 Å². The number of ether oxygens (including phenoxy) is 1. The summed E-state index contributed by atoms with van der Waals surface area (Å²) in [6, 6.07) is 28.3. The van der Waals surface area contributed by atoms with E-state index < -0.39 is 0 Å². The third-order valence-corrected chi connectivity index (χ3v) is 6.69. The zero-order valence-corrected chi connectivity index (χ0v) is 18.9. The summed E-state index contributed by atoms with van der Waals surface area (Å²) in [7, 11) is 0. The van der Waals surface area contributed by atoms with Gasteiger partial charge in [-0.05, 0) is 41.0 Å². The first-order valence-corrected chi connectivity index (χ1v) is 11.6. The van der Waals surface area contributed by atoms with Crippen LogP contribution in [-0.2, 0) is 4.79 Å². The monoisotopic (exact) mass is 458 g/mol. The van der Waals surface area contributed by atoms with Gasteiger partial charge in [0, 0.05) is 29.7 Å². The number of hydrogen-bond acceptors (Lipinski definition) is 5. The maximum absolute atomic E-state index is 12.5. The first-order chi connectivity index (χ1) is 17.2. The average molecular weight is 459 g/mol. The van der Waals surface area contributed by atoms with Crippen molar-refractivity contribution < 1.29 is 13.9 Å². The predicted octanol–water partition coefficient (Wildman–Crippen LogP) is 6.31. The lowest BCUT2D eigenvalue weighted by Crippen LogP contribution is -2.28. The zero-order chi connectivity index (χ0) is 23.8. The van der Waals surface area contributed by atoms with Gasteiger partial charge in [-0.15, -0.1) is 0 Å². The number of furan rings is 1. The van der Waals surface area contributed by atoms with Crippen LogP contribution in [0.15, 0.2) is 113 Å². The lowest BCUT2D eigenvalue weighted by molar-refractivity contribution is -0.115. The smallest absolute Gasteiger partial charge is 0.212 e. The highest BCUT2D eigenvalue weighted by molar-refractivity contribution is 5.92. The van der Waals surface area contributed by atoms with Gasteiger partial charge in [0.1, 0.15) is 23.2 Å². The second kappa shape index (κ2) is 8.66. The summed E-state index contributed by atoms with van der Waals surface area (Å²) in [5.41, 5.74) is 3.17. The number of benzene rings is 3. The van der Waals surface area contributed by atoms with E-state index in [1.807, 2.05) is 66.7 Å². The molecular weight excluding hydrogens is 436 g/mol. The number of allylic oxidation sites excluding steroid dienone is 3. The lowest BCUT2D eigenvalue weighted by atomic mass is 9.81. The number of hydrogen-bond donors (Lipinski definition) is 1. The van der Waals surface area contributed by atoms with Gasteiger partial charge >= 0.3 is 0 Å². The molecule has 2 atom stereocenters. The topological polar surface area (TPSA) is 75.3 Å². The lowest BCUT2D eigenvalue weighted by Gasteiger charge is -2.31. The van der Waals surface area contributed by atoms with E-state index in [9.17, 15) is 10.1 Å². The van der Waals surface area contributed by atoms with Crippen molar-refractivity contribution in [2.24, 2.45) is 0 Å². The minimum absolute atomic E-state index is 0.0149. The molecule has 2 heterocycles. The Balaban J connectivity index is 1.45. The number of carbonyl (C=O) groups is 1. The fraction of sp³-hybridized carbons (Fsp3) is 0.133. The van der Waals surface area contributed by atoms with Crippen molar-refractivity contribution in [2.75, 3.05) is 0 Å². The second-order valence-electron chi connectivity index (χ2n) is 8.88.